The zero-order valence-electron chi connectivity index (χ0n) is 12.8. The van der Waals surface area contributed by atoms with Crippen molar-refractivity contribution in [3.8, 4) is 6.07 Å². The van der Waals surface area contributed by atoms with Crippen molar-refractivity contribution in [3.05, 3.63) is 38.9 Å². The van der Waals surface area contributed by atoms with Crippen molar-refractivity contribution >= 4 is 23.2 Å². The molecule has 0 fully saturated rings. The third-order valence-corrected chi connectivity index (χ3v) is 3.14. The predicted molar refractivity (Wildman–Crippen MR) is 83.7 cm³/mol. The summed E-state index contributed by atoms with van der Waals surface area (Å²) in [5, 5.41) is 19.4. The van der Waals surface area contributed by atoms with Gasteiger partial charge in [-0.3, -0.25) is 14.9 Å². The van der Waals surface area contributed by atoms with Crippen LogP contribution in [-0.4, -0.2) is 28.8 Å². The molecule has 1 aromatic rings. The molecule has 0 saturated heterocycles. The quantitative estimate of drug-likeness (QED) is 0.611. The lowest BCUT2D eigenvalue weighted by Gasteiger charge is -2.29. The van der Waals surface area contributed by atoms with E-state index in [9.17, 15) is 14.9 Å². The summed E-state index contributed by atoms with van der Waals surface area (Å²) in [6, 6.07) is 5.91. The summed E-state index contributed by atoms with van der Waals surface area (Å²) < 4.78 is 0. The van der Waals surface area contributed by atoms with Crippen LogP contribution in [0.25, 0.3) is 0 Å². The fraction of sp³-hybridized carbons (Fsp3) is 0.467. The van der Waals surface area contributed by atoms with Crippen molar-refractivity contribution in [3.63, 3.8) is 0 Å². The molecule has 1 rings (SSSR count). The number of carbonyl (C=O) groups excluding carboxylic acids is 1. The van der Waals surface area contributed by atoms with Crippen LogP contribution in [0, 0.1) is 26.9 Å². The first-order valence-electron chi connectivity index (χ1n) is 6.76. The zero-order valence-corrected chi connectivity index (χ0v) is 13.6. The van der Waals surface area contributed by atoms with E-state index in [-0.39, 0.29) is 34.0 Å². The van der Waals surface area contributed by atoms with Crippen LogP contribution >= 0.6 is 11.6 Å². The number of nitro benzene ring substituents is 1. The Hall–Kier alpha value is -2.13. The van der Waals surface area contributed by atoms with Gasteiger partial charge in [-0.25, -0.2) is 0 Å². The molecular weight excluding hydrogens is 306 g/mol. The number of hydrogen-bond donors (Lipinski definition) is 0. The molecule has 6 nitrogen and oxygen atoms in total. The van der Waals surface area contributed by atoms with Gasteiger partial charge in [-0.15, -0.1) is 0 Å². The molecule has 0 aliphatic rings. The predicted octanol–water partition coefficient (Wildman–Crippen LogP) is 3.65. The Morgan fingerprint density at radius 3 is 2.55 bits per heavy atom. The number of hydrogen-bond acceptors (Lipinski definition) is 4. The standard InChI is InChI=1S/C15H18ClN3O3/c1-15(2,3)10-18(8-4-7-17)14(20)11-5-6-13(19(21)22)12(16)9-11/h5-6,9H,4,8,10H2,1-3H3. The largest absolute Gasteiger partial charge is 0.337 e. The number of rotatable bonds is 5. The Balaban J connectivity index is 3.05. The lowest BCUT2D eigenvalue weighted by atomic mass is 9.95. The molecule has 118 valence electrons. The van der Waals surface area contributed by atoms with Gasteiger partial charge in [0.1, 0.15) is 5.02 Å². The Morgan fingerprint density at radius 2 is 2.09 bits per heavy atom. The van der Waals surface area contributed by atoms with Crippen LogP contribution in [0.15, 0.2) is 18.2 Å². The first kappa shape index (κ1) is 17.9. The monoisotopic (exact) mass is 323 g/mol. The molecule has 0 heterocycles. The van der Waals surface area contributed by atoms with Crippen molar-refractivity contribution < 1.29 is 9.72 Å². The van der Waals surface area contributed by atoms with Crippen LogP contribution in [0.5, 0.6) is 0 Å². The minimum Gasteiger partial charge on any atom is -0.337 e. The molecule has 0 aromatic heterocycles. The number of amides is 1. The second-order valence-corrected chi connectivity index (χ2v) is 6.53. The lowest BCUT2D eigenvalue weighted by Crippen LogP contribution is -2.38. The maximum absolute atomic E-state index is 12.5. The fourth-order valence-electron chi connectivity index (χ4n) is 1.98. The molecule has 22 heavy (non-hydrogen) atoms. The van der Waals surface area contributed by atoms with Gasteiger partial charge in [-0.2, -0.15) is 5.26 Å². The van der Waals surface area contributed by atoms with E-state index in [0.29, 0.717) is 13.1 Å². The molecule has 0 aliphatic heterocycles. The first-order chi connectivity index (χ1) is 10.2. The SMILES string of the molecule is CC(C)(C)CN(CCC#N)C(=O)c1ccc([N+](=O)[O-])c(Cl)c1. The molecule has 1 amide bonds. The first-order valence-corrected chi connectivity index (χ1v) is 7.13. The van der Waals surface area contributed by atoms with Crippen LogP contribution < -0.4 is 0 Å². The number of benzene rings is 1. The average Bonchev–Trinajstić information content (AvgIpc) is 2.40. The van der Waals surface area contributed by atoms with Crippen LogP contribution in [0.1, 0.15) is 37.6 Å². The highest BCUT2D eigenvalue weighted by atomic mass is 35.5. The van der Waals surface area contributed by atoms with Crippen molar-refractivity contribution in [2.45, 2.75) is 27.2 Å². The summed E-state index contributed by atoms with van der Waals surface area (Å²) in [7, 11) is 0. The van der Waals surface area contributed by atoms with Crippen LogP contribution in [0.4, 0.5) is 5.69 Å². The Bertz CT molecular complexity index is 617. The summed E-state index contributed by atoms with van der Waals surface area (Å²) in [6.45, 7) is 6.75. The summed E-state index contributed by atoms with van der Waals surface area (Å²) in [5.41, 5.74) is -0.0919. The normalized spacial score (nSPS) is 10.9. The van der Waals surface area contributed by atoms with Gasteiger partial charge in [-0.05, 0) is 17.5 Å². The lowest BCUT2D eigenvalue weighted by molar-refractivity contribution is -0.384. The molecule has 7 heteroatoms. The number of halogens is 1. The van der Waals surface area contributed by atoms with E-state index in [1.165, 1.54) is 18.2 Å². The summed E-state index contributed by atoms with van der Waals surface area (Å²) >= 11 is 5.85. The molecule has 0 unspecified atom stereocenters. The highest BCUT2D eigenvalue weighted by molar-refractivity contribution is 6.33. The van der Waals surface area contributed by atoms with Gasteiger partial charge in [0.15, 0.2) is 0 Å². The number of carbonyl (C=O) groups is 1. The van der Waals surface area contributed by atoms with Crippen molar-refractivity contribution in [1.82, 2.24) is 4.90 Å². The fourth-order valence-corrected chi connectivity index (χ4v) is 2.23. The van der Waals surface area contributed by atoms with Gasteiger partial charge in [0.25, 0.3) is 11.6 Å². The molecule has 0 N–H and O–H groups in total. The van der Waals surface area contributed by atoms with E-state index in [1.807, 2.05) is 26.8 Å². The molecule has 0 bridgehead atoms. The van der Waals surface area contributed by atoms with Crippen LogP contribution in [0.3, 0.4) is 0 Å². The van der Waals surface area contributed by atoms with Gasteiger partial charge in [0.2, 0.25) is 0 Å². The van der Waals surface area contributed by atoms with Gasteiger partial charge < -0.3 is 4.90 Å². The minimum absolute atomic E-state index is 0.0770. The van der Waals surface area contributed by atoms with E-state index in [1.54, 1.807) is 4.90 Å². The third kappa shape index (κ3) is 5.01. The van der Waals surface area contributed by atoms with Crippen LogP contribution in [0.2, 0.25) is 5.02 Å². The van der Waals surface area contributed by atoms with Gasteiger partial charge >= 0.3 is 0 Å². The second kappa shape index (κ2) is 7.23. The van der Waals surface area contributed by atoms with Crippen molar-refractivity contribution in [2.75, 3.05) is 13.1 Å². The molecular formula is C15H18ClN3O3. The average molecular weight is 324 g/mol. The number of nitriles is 1. The topological polar surface area (TPSA) is 87.2 Å². The highest BCUT2D eigenvalue weighted by Gasteiger charge is 2.23. The number of nitro groups is 1. The Morgan fingerprint density at radius 1 is 1.45 bits per heavy atom. The third-order valence-electron chi connectivity index (χ3n) is 2.84. The van der Waals surface area contributed by atoms with Gasteiger partial charge in [0, 0.05) is 24.7 Å². The van der Waals surface area contributed by atoms with E-state index in [2.05, 4.69) is 0 Å². The molecule has 0 aliphatic carbocycles. The molecule has 0 radical (unpaired) electrons. The maximum atomic E-state index is 12.5. The van der Waals surface area contributed by atoms with Gasteiger partial charge in [0.05, 0.1) is 17.4 Å². The summed E-state index contributed by atoms with van der Waals surface area (Å²) in [4.78, 5) is 24.3. The summed E-state index contributed by atoms with van der Waals surface area (Å²) in [6.07, 6.45) is 0.225. The second-order valence-electron chi connectivity index (χ2n) is 6.12. The summed E-state index contributed by atoms with van der Waals surface area (Å²) in [5.74, 6) is -0.290. The van der Waals surface area contributed by atoms with Crippen molar-refractivity contribution in [1.29, 1.82) is 5.26 Å². The number of nitrogens with zero attached hydrogens (tertiary/aromatic N) is 3. The van der Waals surface area contributed by atoms with E-state index < -0.39 is 4.92 Å². The van der Waals surface area contributed by atoms with E-state index in [4.69, 9.17) is 16.9 Å². The Labute approximate surface area is 134 Å². The molecule has 1 aromatic carbocycles. The highest BCUT2D eigenvalue weighted by Crippen LogP contribution is 2.26. The minimum atomic E-state index is -0.598. The van der Waals surface area contributed by atoms with E-state index in [0.717, 1.165) is 0 Å². The van der Waals surface area contributed by atoms with Gasteiger partial charge in [-0.1, -0.05) is 32.4 Å². The van der Waals surface area contributed by atoms with Crippen molar-refractivity contribution in [2.24, 2.45) is 5.41 Å². The molecule has 0 saturated carbocycles. The molecule has 0 atom stereocenters. The Kier molecular flexibility index (Phi) is 5.89. The zero-order chi connectivity index (χ0) is 16.9. The smallest absolute Gasteiger partial charge is 0.287 e. The van der Waals surface area contributed by atoms with E-state index >= 15 is 0 Å². The molecule has 0 spiro atoms. The van der Waals surface area contributed by atoms with Crippen LogP contribution in [-0.2, 0) is 0 Å². The maximum Gasteiger partial charge on any atom is 0.287 e.